The molecule has 0 aliphatic carbocycles. The molecule has 61 heavy (non-hydrogen) atoms. The van der Waals surface area contributed by atoms with Gasteiger partial charge >= 0.3 is 17.9 Å². The molecule has 0 amide bonds. The van der Waals surface area contributed by atoms with Gasteiger partial charge in [0.2, 0.25) is 0 Å². The van der Waals surface area contributed by atoms with E-state index in [4.69, 9.17) is 14.2 Å². The molecule has 2 atom stereocenters. The molecule has 0 fully saturated rings. The van der Waals surface area contributed by atoms with E-state index in [1.807, 2.05) is 0 Å². The van der Waals surface area contributed by atoms with Crippen LogP contribution in [-0.4, -0.2) is 37.2 Å². The topological polar surface area (TPSA) is 78.9 Å². The molecule has 0 aromatic heterocycles. The third-order valence-electron chi connectivity index (χ3n) is 12.8. The van der Waals surface area contributed by atoms with Crippen LogP contribution in [0.5, 0.6) is 0 Å². The van der Waals surface area contributed by atoms with Gasteiger partial charge in [-0.3, -0.25) is 14.4 Å². The van der Waals surface area contributed by atoms with Crippen LogP contribution in [0, 0.1) is 17.8 Å². The number of esters is 3. The van der Waals surface area contributed by atoms with Crippen LogP contribution in [0.15, 0.2) is 0 Å². The lowest BCUT2D eigenvalue weighted by Crippen LogP contribution is -2.30. The minimum Gasteiger partial charge on any atom is -0.462 e. The van der Waals surface area contributed by atoms with Gasteiger partial charge in [-0.25, -0.2) is 0 Å². The smallest absolute Gasteiger partial charge is 0.306 e. The molecule has 362 valence electrons. The normalized spacial score (nSPS) is 12.6. The van der Waals surface area contributed by atoms with E-state index in [9.17, 15) is 14.4 Å². The van der Waals surface area contributed by atoms with Crippen LogP contribution in [-0.2, 0) is 28.6 Å². The summed E-state index contributed by atoms with van der Waals surface area (Å²) in [6.45, 7) is 13.7. The molecule has 0 radical (unpaired) electrons. The number of unbranched alkanes of at least 4 members (excludes halogenated alkanes) is 30. The summed E-state index contributed by atoms with van der Waals surface area (Å²) in [4.78, 5) is 38.0. The summed E-state index contributed by atoms with van der Waals surface area (Å²) in [7, 11) is 0. The minimum absolute atomic E-state index is 0.0646. The van der Waals surface area contributed by atoms with E-state index in [2.05, 4.69) is 41.5 Å². The first kappa shape index (κ1) is 59.4. The Morgan fingerprint density at radius 1 is 0.328 bits per heavy atom. The maximum atomic E-state index is 12.8. The van der Waals surface area contributed by atoms with Crippen molar-refractivity contribution in [3.8, 4) is 0 Å². The van der Waals surface area contributed by atoms with Gasteiger partial charge in [-0.2, -0.15) is 0 Å². The van der Waals surface area contributed by atoms with Gasteiger partial charge in [-0.05, 0) is 37.0 Å². The molecule has 0 spiro atoms. The van der Waals surface area contributed by atoms with Crippen molar-refractivity contribution in [3.63, 3.8) is 0 Å². The molecule has 0 bridgehead atoms. The van der Waals surface area contributed by atoms with E-state index in [0.717, 1.165) is 75.5 Å². The molecule has 0 aliphatic rings. The van der Waals surface area contributed by atoms with Crippen molar-refractivity contribution in [2.75, 3.05) is 13.2 Å². The summed E-state index contributed by atoms with van der Waals surface area (Å²) in [5.74, 6) is 1.67. The Morgan fingerprint density at radius 3 is 0.852 bits per heavy atom. The number of hydrogen-bond donors (Lipinski definition) is 0. The van der Waals surface area contributed by atoms with Gasteiger partial charge in [0.15, 0.2) is 6.10 Å². The van der Waals surface area contributed by atoms with Crippen molar-refractivity contribution < 1.29 is 28.6 Å². The Labute approximate surface area is 380 Å². The highest BCUT2D eigenvalue weighted by Gasteiger charge is 2.19. The van der Waals surface area contributed by atoms with Crippen LogP contribution in [0.4, 0.5) is 0 Å². The fourth-order valence-corrected chi connectivity index (χ4v) is 8.26. The summed E-state index contributed by atoms with van der Waals surface area (Å²) < 4.78 is 16.8. The molecule has 0 aromatic carbocycles. The van der Waals surface area contributed by atoms with Crippen LogP contribution in [0.3, 0.4) is 0 Å². The van der Waals surface area contributed by atoms with Gasteiger partial charge in [0.25, 0.3) is 0 Å². The first-order chi connectivity index (χ1) is 29.6. The van der Waals surface area contributed by atoms with Crippen LogP contribution >= 0.6 is 0 Å². The number of rotatable bonds is 48. The molecule has 0 aromatic rings. The highest BCUT2D eigenvalue weighted by atomic mass is 16.6. The van der Waals surface area contributed by atoms with Gasteiger partial charge in [-0.15, -0.1) is 0 Å². The van der Waals surface area contributed by atoms with E-state index in [-0.39, 0.29) is 31.1 Å². The maximum absolute atomic E-state index is 12.8. The van der Waals surface area contributed by atoms with E-state index in [1.165, 1.54) is 180 Å². The summed E-state index contributed by atoms with van der Waals surface area (Å²) >= 11 is 0. The molecule has 0 N–H and O–H groups in total. The highest BCUT2D eigenvalue weighted by Crippen LogP contribution is 2.18. The molecule has 0 rings (SSSR count). The summed E-state index contributed by atoms with van der Waals surface area (Å²) in [5.41, 5.74) is 0. The number of ether oxygens (including phenoxy) is 3. The Morgan fingerprint density at radius 2 is 0.574 bits per heavy atom. The van der Waals surface area contributed by atoms with Gasteiger partial charge in [0.05, 0.1) is 0 Å². The Hall–Kier alpha value is -1.59. The molecule has 0 aliphatic heterocycles. The number of carbonyl (C=O) groups excluding carboxylic acids is 3. The van der Waals surface area contributed by atoms with Crippen molar-refractivity contribution in [3.05, 3.63) is 0 Å². The third-order valence-corrected chi connectivity index (χ3v) is 12.8. The van der Waals surface area contributed by atoms with Gasteiger partial charge in [0, 0.05) is 19.3 Å². The second-order valence-electron chi connectivity index (χ2n) is 20.1. The molecule has 0 saturated heterocycles. The third kappa shape index (κ3) is 47.7. The van der Waals surface area contributed by atoms with Crippen molar-refractivity contribution in [2.24, 2.45) is 17.8 Å². The average molecular weight is 863 g/mol. The minimum atomic E-state index is -0.763. The zero-order valence-electron chi connectivity index (χ0n) is 42.0. The van der Waals surface area contributed by atoms with E-state index < -0.39 is 6.10 Å². The molecule has 1 unspecified atom stereocenters. The summed E-state index contributed by atoms with van der Waals surface area (Å²) in [6.07, 6.45) is 46.6. The van der Waals surface area contributed by atoms with E-state index in [0.29, 0.717) is 19.3 Å². The predicted octanol–water partition coefficient (Wildman–Crippen LogP) is 17.6. The van der Waals surface area contributed by atoms with Crippen LogP contribution in [0.2, 0.25) is 0 Å². The van der Waals surface area contributed by atoms with Crippen LogP contribution in [0.25, 0.3) is 0 Å². The van der Waals surface area contributed by atoms with Crippen molar-refractivity contribution in [1.29, 1.82) is 0 Å². The lowest BCUT2D eigenvalue weighted by atomic mass is 9.99. The van der Waals surface area contributed by atoms with E-state index >= 15 is 0 Å². The zero-order valence-corrected chi connectivity index (χ0v) is 42.0. The Kier molecular flexibility index (Phi) is 45.2. The quantitative estimate of drug-likeness (QED) is 0.0344. The average Bonchev–Trinajstić information content (AvgIpc) is 3.23. The lowest BCUT2D eigenvalue weighted by Gasteiger charge is -2.18. The van der Waals surface area contributed by atoms with Gasteiger partial charge in [-0.1, -0.05) is 260 Å². The lowest BCUT2D eigenvalue weighted by molar-refractivity contribution is -0.167. The highest BCUT2D eigenvalue weighted by molar-refractivity contribution is 5.71. The Bertz CT molecular complexity index is 947. The SMILES string of the molecule is CCC(C)CCCCCCCCCCCCCCCCC(=O)O[C@@H](COC(=O)CCCCCCCCCCCCC(C)C)COC(=O)CCCCCCCCCCCC(C)C. The number of carbonyl (C=O) groups is 3. The molecule has 6 heteroatoms. The molecular weight excluding hydrogens is 757 g/mol. The van der Waals surface area contributed by atoms with Crippen LogP contribution < -0.4 is 0 Å². The van der Waals surface area contributed by atoms with Gasteiger partial charge in [0.1, 0.15) is 13.2 Å². The van der Waals surface area contributed by atoms with Crippen molar-refractivity contribution >= 4 is 17.9 Å². The fraction of sp³-hybridized carbons (Fsp3) is 0.945. The molecule has 6 nitrogen and oxygen atoms in total. The van der Waals surface area contributed by atoms with Crippen LogP contribution in [0.1, 0.15) is 298 Å². The largest absolute Gasteiger partial charge is 0.462 e. The fourth-order valence-electron chi connectivity index (χ4n) is 8.26. The summed E-state index contributed by atoms with van der Waals surface area (Å²) in [5, 5.41) is 0. The molecule has 0 saturated carbocycles. The molecular formula is C55H106O6. The first-order valence-corrected chi connectivity index (χ1v) is 27.1. The van der Waals surface area contributed by atoms with Crippen molar-refractivity contribution in [1.82, 2.24) is 0 Å². The Balaban J connectivity index is 4.30. The van der Waals surface area contributed by atoms with Crippen molar-refractivity contribution in [2.45, 2.75) is 304 Å². The predicted molar refractivity (Wildman–Crippen MR) is 261 cm³/mol. The molecule has 0 heterocycles. The van der Waals surface area contributed by atoms with E-state index in [1.54, 1.807) is 0 Å². The van der Waals surface area contributed by atoms with Gasteiger partial charge < -0.3 is 14.2 Å². The first-order valence-electron chi connectivity index (χ1n) is 27.1. The standard InChI is InChI=1S/C55H106O6/c1-7-51(6)43-37-31-25-19-12-10-8-9-11-13-21-28-34-40-46-55(58)61-52(48-60-54(57)45-39-33-27-22-16-18-24-30-36-42-50(4)5)47-59-53(56)44-38-32-26-20-15-14-17-23-29-35-41-49(2)3/h49-52H,7-48H2,1-6H3/t51?,52-/m0/s1. The zero-order chi connectivity index (χ0) is 44.9. The monoisotopic (exact) mass is 863 g/mol. The number of hydrogen-bond acceptors (Lipinski definition) is 6. The second kappa shape index (κ2) is 46.4. The maximum Gasteiger partial charge on any atom is 0.306 e. The summed E-state index contributed by atoms with van der Waals surface area (Å²) in [6, 6.07) is 0. The second-order valence-corrected chi connectivity index (χ2v) is 20.1.